The molecule has 1 aliphatic rings. The van der Waals surface area contributed by atoms with Crippen molar-refractivity contribution < 1.29 is 0 Å². The molecule has 36 heavy (non-hydrogen) atoms. The Morgan fingerprint density at radius 3 is 1.33 bits per heavy atom. The van der Waals surface area contributed by atoms with Gasteiger partial charge in [-0.15, -0.1) is 0 Å². The molecule has 0 spiro atoms. The maximum Gasteiger partial charge on any atom is -0.00264 e. The summed E-state index contributed by atoms with van der Waals surface area (Å²) in [6.45, 7) is 0. The lowest BCUT2D eigenvalue weighted by atomic mass is 9.90. The van der Waals surface area contributed by atoms with Gasteiger partial charge in [0, 0.05) is 0 Å². The van der Waals surface area contributed by atoms with Gasteiger partial charge in [-0.05, 0) is 88.3 Å². The summed E-state index contributed by atoms with van der Waals surface area (Å²) in [5.41, 5.74) is 1.52. The number of benzene rings is 8. The van der Waals surface area contributed by atoms with Gasteiger partial charge in [0.15, 0.2) is 0 Å². The molecule has 0 heterocycles. The highest BCUT2D eigenvalue weighted by Gasteiger charge is 2.12. The second-order valence-corrected chi connectivity index (χ2v) is 10.00. The van der Waals surface area contributed by atoms with Gasteiger partial charge in [0.2, 0.25) is 0 Å². The van der Waals surface area contributed by atoms with Crippen molar-refractivity contribution in [3.63, 3.8) is 0 Å². The van der Waals surface area contributed by atoms with E-state index in [0.717, 1.165) is 0 Å². The molecule has 0 aromatic heterocycles. The molecule has 9 rings (SSSR count). The van der Waals surface area contributed by atoms with E-state index in [9.17, 15) is 0 Å². The lowest BCUT2D eigenvalue weighted by Crippen LogP contribution is -2.09. The van der Waals surface area contributed by atoms with Gasteiger partial charge in [0.1, 0.15) is 0 Å². The quantitative estimate of drug-likeness (QED) is 0.158. The highest BCUT2D eigenvalue weighted by atomic mass is 14.2. The number of hydrogen-bond acceptors (Lipinski definition) is 0. The molecule has 1 aliphatic carbocycles. The Kier molecular flexibility index (Phi) is 4.15. The monoisotopic (exact) mass is 456 g/mol. The van der Waals surface area contributed by atoms with Gasteiger partial charge in [-0.1, -0.05) is 121 Å². The first kappa shape index (κ1) is 19.8. The van der Waals surface area contributed by atoms with Crippen molar-refractivity contribution in [2.24, 2.45) is 0 Å². The highest BCUT2D eigenvalue weighted by Crippen LogP contribution is 2.39. The zero-order chi connectivity index (χ0) is 23.6. The van der Waals surface area contributed by atoms with Crippen LogP contribution in [0.2, 0.25) is 0 Å². The third-order valence-electron chi connectivity index (χ3n) is 8.06. The summed E-state index contributed by atoms with van der Waals surface area (Å²) in [7, 11) is 0. The molecular formula is C36H24. The van der Waals surface area contributed by atoms with Gasteiger partial charge in [-0.3, -0.25) is 0 Å². The molecule has 0 fully saturated rings. The van der Waals surface area contributed by atoms with Crippen LogP contribution in [0.4, 0.5) is 0 Å². The van der Waals surface area contributed by atoms with Crippen LogP contribution in [0.25, 0.3) is 70.7 Å². The largest absolute Gasteiger partial charge is 0.0763 e. The number of aryl methyl sites for hydroxylation is 1. The molecule has 0 bridgehead atoms. The van der Waals surface area contributed by atoms with E-state index >= 15 is 0 Å². The van der Waals surface area contributed by atoms with Gasteiger partial charge in [0.25, 0.3) is 0 Å². The average molecular weight is 457 g/mol. The molecule has 0 unspecified atom stereocenters. The minimum absolute atomic E-state index is 1.18. The number of hydrogen-bond donors (Lipinski definition) is 0. The van der Waals surface area contributed by atoms with Crippen molar-refractivity contribution >= 4 is 70.7 Å². The number of fused-ring (bicyclic) bond motifs is 2. The van der Waals surface area contributed by atoms with Crippen molar-refractivity contribution in [2.75, 3.05) is 0 Å². The minimum atomic E-state index is 1.18. The summed E-state index contributed by atoms with van der Waals surface area (Å²) >= 11 is 0. The third-order valence-corrected chi connectivity index (χ3v) is 8.06. The topological polar surface area (TPSA) is 0 Å². The van der Waals surface area contributed by atoms with Crippen LogP contribution in [0, 0.1) is 0 Å². The van der Waals surface area contributed by atoms with E-state index in [1.54, 1.807) is 0 Å². The minimum Gasteiger partial charge on any atom is -0.0763 e. The standard InChI is InChI=1S/C20H12.C16H12/c1-5-13-6-2-11-17-18-12-4-8-14-7-3-10-16(20(14)18)15(9-1)19(13)17;1-3-11-7-9-13-5-2-6-14-10-8-12(4-1)15(11)16(13)14/h1-12H;1,3-5,7-10H,2,6H2. The zero-order valence-corrected chi connectivity index (χ0v) is 20.0. The van der Waals surface area contributed by atoms with Crippen molar-refractivity contribution in [2.45, 2.75) is 12.8 Å². The predicted molar refractivity (Wildman–Crippen MR) is 157 cm³/mol. The van der Waals surface area contributed by atoms with Crippen molar-refractivity contribution in [1.82, 2.24) is 0 Å². The fourth-order valence-electron chi connectivity index (χ4n) is 6.52. The van der Waals surface area contributed by atoms with E-state index in [1.807, 2.05) is 0 Å². The Bertz CT molecular complexity index is 1960. The normalized spacial score (nSPS) is 13.0. The van der Waals surface area contributed by atoms with Crippen LogP contribution >= 0.6 is 0 Å². The van der Waals surface area contributed by atoms with Crippen LogP contribution in [0.1, 0.15) is 12.0 Å². The van der Waals surface area contributed by atoms with E-state index in [0.29, 0.717) is 0 Å². The fraction of sp³-hybridized carbons (Fsp3) is 0.0556. The number of rotatable bonds is 0. The lowest BCUT2D eigenvalue weighted by Gasteiger charge is -2.14. The Hall–Kier alpha value is -4.42. The van der Waals surface area contributed by atoms with E-state index < -0.39 is 0 Å². The van der Waals surface area contributed by atoms with Crippen molar-refractivity contribution in [1.29, 1.82) is 0 Å². The van der Waals surface area contributed by atoms with E-state index in [-0.39, 0.29) is 0 Å². The summed E-state index contributed by atoms with van der Waals surface area (Å²) in [5, 5.41) is 18.0. The molecule has 0 aliphatic heterocycles. The van der Waals surface area contributed by atoms with Crippen LogP contribution in [-0.4, -0.2) is 0 Å². The first-order chi connectivity index (χ1) is 17.9. The smallest absolute Gasteiger partial charge is 0.00264 e. The molecule has 0 saturated carbocycles. The molecule has 0 atom stereocenters. The van der Waals surface area contributed by atoms with Crippen LogP contribution in [0.3, 0.4) is 0 Å². The Balaban J connectivity index is 0.000000117. The van der Waals surface area contributed by atoms with Gasteiger partial charge < -0.3 is 0 Å². The highest BCUT2D eigenvalue weighted by molar-refractivity contribution is 6.32. The van der Waals surface area contributed by atoms with Crippen molar-refractivity contribution in [3.8, 4) is 0 Å². The third kappa shape index (κ3) is 2.76. The molecule has 168 valence electrons. The zero-order valence-electron chi connectivity index (χ0n) is 20.0. The summed E-state index contributed by atoms with van der Waals surface area (Å²) in [4.78, 5) is 0. The van der Waals surface area contributed by atoms with E-state index in [4.69, 9.17) is 0 Å². The summed E-state index contributed by atoms with van der Waals surface area (Å²) in [6.07, 6.45) is 4.74. The Labute approximate surface area is 209 Å². The molecule has 8 aromatic carbocycles. The Morgan fingerprint density at radius 1 is 0.361 bits per heavy atom. The van der Waals surface area contributed by atoms with Crippen molar-refractivity contribution in [3.05, 3.63) is 126 Å². The van der Waals surface area contributed by atoms with Gasteiger partial charge in [-0.2, -0.15) is 0 Å². The average Bonchev–Trinajstić information content (AvgIpc) is 2.95. The molecule has 0 saturated heterocycles. The van der Waals surface area contributed by atoms with Gasteiger partial charge >= 0.3 is 0 Å². The van der Waals surface area contributed by atoms with Gasteiger partial charge in [0.05, 0.1) is 0 Å². The second-order valence-electron chi connectivity index (χ2n) is 10.00. The van der Waals surface area contributed by atoms with Crippen LogP contribution < -0.4 is 5.22 Å². The Morgan fingerprint density at radius 2 is 0.806 bits per heavy atom. The second kappa shape index (κ2) is 7.54. The van der Waals surface area contributed by atoms with Gasteiger partial charge in [-0.25, -0.2) is 0 Å². The van der Waals surface area contributed by atoms with Crippen LogP contribution in [0.5, 0.6) is 0 Å². The lowest BCUT2D eigenvalue weighted by molar-refractivity contribution is 1.04. The molecule has 0 amide bonds. The molecule has 0 radical (unpaired) electrons. The first-order valence-corrected chi connectivity index (χ1v) is 12.8. The van der Waals surface area contributed by atoms with Crippen LogP contribution in [0.15, 0.2) is 115 Å². The molecule has 0 nitrogen and oxygen atoms in total. The predicted octanol–water partition coefficient (Wildman–Crippen LogP) is 9.18. The molecule has 0 N–H and O–H groups in total. The fourth-order valence-corrected chi connectivity index (χ4v) is 6.52. The van der Waals surface area contributed by atoms with E-state index in [2.05, 4.69) is 121 Å². The summed E-state index contributed by atoms with van der Waals surface area (Å²) < 4.78 is 0. The maximum absolute atomic E-state index is 2.37. The summed E-state index contributed by atoms with van der Waals surface area (Å²) in [5.74, 6) is 0. The molecule has 0 heteroatoms. The molecule has 8 aromatic rings. The SMILES string of the molecule is C1=c2ccc3cccc4ccc(c2c43)CC1.c1cc2cccc3c4cccc5cccc(c(c1)c23)c54. The summed E-state index contributed by atoms with van der Waals surface area (Å²) in [6, 6.07) is 42.1. The van der Waals surface area contributed by atoms with Crippen LogP contribution in [-0.2, 0) is 6.42 Å². The molecular weight excluding hydrogens is 432 g/mol. The van der Waals surface area contributed by atoms with E-state index in [1.165, 1.54) is 88.3 Å². The first-order valence-electron chi connectivity index (χ1n) is 12.8. The maximum atomic E-state index is 2.37.